The second kappa shape index (κ2) is 9.99. The summed E-state index contributed by atoms with van der Waals surface area (Å²) in [7, 11) is 0. The molecule has 0 radical (unpaired) electrons. The first kappa shape index (κ1) is 23.0. The Bertz CT molecular complexity index is 781. The molecule has 160 valence electrons. The highest BCUT2D eigenvalue weighted by molar-refractivity contribution is 5.85. The fraction of sp³-hybridized carbons (Fsp3) is 0.529. The van der Waals surface area contributed by atoms with E-state index in [4.69, 9.17) is 0 Å². The van der Waals surface area contributed by atoms with Crippen molar-refractivity contribution < 1.29 is 18.0 Å². The van der Waals surface area contributed by atoms with Crippen LogP contribution >= 0.6 is 12.4 Å². The van der Waals surface area contributed by atoms with Crippen LogP contribution in [0.1, 0.15) is 13.0 Å². The molecule has 29 heavy (non-hydrogen) atoms. The summed E-state index contributed by atoms with van der Waals surface area (Å²) in [5.74, 6) is -0.254. The number of aromatic nitrogens is 4. The zero-order valence-electron chi connectivity index (χ0n) is 15.8. The highest BCUT2D eigenvalue weighted by Crippen LogP contribution is 2.25. The topological polar surface area (TPSA) is 88.0 Å². The summed E-state index contributed by atoms with van der Waals surface area (Å²) >= 11 is 0. The molecule has 1 aliphatic heterocycles. The van der Waals surface area contributed by atoms with Crippen molar-refractivity contribution in [2.24, 2.45) is 0 Å². The Balaban J connectivity index is 0.00000300. The van der Waals surface area contributed by atoms with Gasteiger partial charge in [0, 0.05) is 38.3 Å². The molecular weight excluding hydrogens is 411 g/mol. The number of piperazine rings is 1. The van der Waals surface area contributed by atoms with Gasteiger partial charge in [-0.2, -0.15) is 18.0 Å². The summed E-state index contributed by atoms with van der Waals surface area (Å²) in [5.41, 5.74) is 0.734. The normalized spacial score (nSPS) is 17.2. The van der Waals surface area contributed by atoms with Crippen molar-refractivity contribution in [3.63, 3.8) is 0 Å². The summed E-state index contributed by atoms with van der Waals surface area (Å²) in [6, 6.07) is 6.47. The minimum Gasteiger partial charge on any atom is -0.352 e. The summed E-state index contributed by atoms with van der Waals surface area (Å²) in [4.78, 5) is 14.8. The lowest BCUT2D eigenvalue weighted by Gasteiger charge is -2.36. The highest BCUT2D eigenvalue weighted by Gasteiger charge is 2.44. The van der Waals surface area contributed by atoms with Crippen molar-refractivity contribution in [3.8, 4) is 11.4 Å². The molecule has 2 unspecified atom stereocenters. The number of benzene rings is 1. The van der Waals surface area contributed by atoms with Crippen LogP contribution in [0.3, 0.4) is 0 Å². The number of hydrogen-bond donors (Lipinski definition) is 2. The molecule has 8 nitrogen and oxygen atoms in total. The number of tetrazole rings is 1. The molecular formula is C17H23ClF3N7O. The van der Waals surface area contributed by atoms with Gasteiger partial charge in [0.05, 0.1) is 0 Å². The molecule has 1 amide bonds. The Labute approximate surface area is 172 Å². The molecule has 3 rings (SSSR count). The van der Waals surface area contributed by atoms with Gasteiger partial charge in [-0.15, -0.1) is 22.6 Å². The lowest BCUT2D eigenvalue weighted by molar-refractivity contribution is -0.184. The van der Waals surface area contributed by atoms with E-state index in [1.807, 2.05) is 18.2 Å². The van der Waals surface area contributed by atoms with Crippen molar-refractivity contribution in [1.29, 1.82) is 0 Å². The molecule has 1 fully saturated rings. The van der Waals surface area contributed by atoms with Crippen LogP contribution in [-0.4, -0.2) is 76.0 Å². The predicted octanol–water partition coefficient (Wildman–Crippen LogP) is 1.28. The Hall–Kier alpha value is -2.24. The number of carbonyl (C=O) groups is 1. The maximum Gasteiger partial charge on any atom is 0.405 e. The third-order valence-corrected chi connectivity index (χ3v) is 4.63. The number of amides is 1. The average Bonchev–Trinajstić information content (AvgIpc) is 3.18. The summed E-state index contributed by atoms with van der Waals surface area (Å²) in [6.07, 6.45) is -4.43. The first-order valence-electron chi connectivity index (χ1n) is 9.00. The van der Waals surface area contributed by atoms with Gasteiger partial charge in [0.15, 0.2) is 0 Å². The molecule has 12 heteroatoms. The molecule has 1 aromatic carbocycles. The second-order valence-electron chi connectivity index (χ2n) is 6.56. The molecule has 1 aromatic heterocycles. The van der Waals surface area contributed by atoms with Gasteiger partial charge in [-0.25, -0.2) is 0 Å². The fourth-order valence-corrected chi connectivity index (χ4v) is 2.99. The smallest absolute Gasteiger partial charge is 0.352 e. The SMILES string of the molecule is CC(C(=O)NCC(N1CCNCC1)C(F)(F)F)n1nnc(-c2ccccc2)n1.Cl. The molecule has 0 spiro atoms. The molecule has 0 aliphatic carbocycles. The van der Waals surface area contributed by atoms with Crippen molar-refractivity contribution in [2.75, 3.05) is 32.7 Å². The van der Waals surface area contributed by atoms with Crippen molar-refractivity contribution in [2.45, 2.75) is 25.2 Å². The third-order valence-electron chi connectivity index (χ3n) is 4.63. The zero-order valence-corrected chi connectivity index (χ0v) is 16.6. The zero-order chi connectivity index (χ0) is 20.1. The van der Waals surface area contributed by atoms with Crippen molar-refractivity contribution in [1.82, 2.24) is 35.7 Å². The minimum atomic E-state index is -4.43. The van der Waals surface area contributed by atoms with E-state index in [9.17, 15) is 18.0 Å². The number of nitrogens with zero attached hydrogens (tertiary/aromatic N) is 5. The Morgan fingerprint density at radius 1 is 1.24 bits per heavy atom. The first-order valence-corrected chi connectivity index (χ1v) is 9.00. The van der Waals surface area contributed by atoms with Gasteiger partial charge < -0.3 is 10.6 Å². The van der Waals surface area contributed by atoms with Gasteiger partial charge in [-0.05, 0) is 12.1 Å². The van der Waals surface area contributed by atoms with E-state index in [0.29, 0.717) is 18.9 Å². The summed E-state index contributed by atoms with van der Waals surface area (Å²) < 4.78 is 40.3. The highest BCUT2D eigenvalue weighted by atomic mass is 35.5. The Kier molecular flexibility index (Phi) is 7.94. The van der Waals surface area contributed by atoms with Crippen LogP contribution in [0.5, 0.6) is 0 Å². The molecule has 0 saturated carbocycles. The van der Waals surface area contributed by atoms with E-state index in [0.717, 1.165) is 10.4 Å². The van der Waals surface area contributed by atoms with Gasteiger partial charge in [0.2, 0.25) is 11.7 Å². The van der Waals surface area contributed by atoms with Crippen LogP contribution in [0.2, 0.25) is 0 Å². The third kappa shape index (κ3) is 5.87. The monoisotopic (exact) mass is 433 g/mol. The van der Waals surface area contributed by atoms with E-state index in [-0.39, 0.29) is 25.5 Å². The van der Waals surface area contributed by atoms with Gasteiger partial charge in [-0.3, -0.25) is 9.69 Å². The van der Waals surface area contributed by atoms with E-state index in [1.54, 1.807) is 12.1 Å². The minimum absolute atomic E-state index is 0. The number of carbonyl (C=O) groups excluding carboxylic acids is 1. The lowest BCUT2D eigenvalue weighted by Crippen LogP contribution is -2.57. The van der Waals surface area contributed by atoms with Crippen LogP contribution in [0.25, 0.3) is 11.4 Å². The molecule has 1 saturated heterocycles. The average molecular weight is 434 g/mol. The predicted molar refractivity (Wildman–Crippen MR) is 103 cm³/mol. The molecule has 2 N–H and O–H groups in total. The van der Waals surface area contributed by atoms with E-state index < -0.39 is 30.7 Å². The standard InChI is InChI=1S/C17H22F3N7O.ClH/c1-12(27-24-15(23-25-27)13-5-3-2-4-6-13)16(28)22-11-14(17(18,19)20)26-9-7-21-8-10-26;/h2-6,12,14,21H,7-11H2,1H3,(H,22,28);1H. The number of alkyl halides is 3. The van der Waals surface area contributed by atoms with Gasteiger partial charge >= 0.3 is 6.18 Å². The maximum absolute atomic E-state index is 13.4. The molecule has 2 aromatic rings. The van der Waals surface area contributed by atoms with Gasteiger partial charge in [0.1, 0.15) is 12.1 Å². The largest absolute Gasteiger partial charge is 0.405 e. The summed E-state index contributed by atoms with van der Waals surface area (Å²) in [6.45, 7) is 2.53. The molecule has 2 atom stereocenters. The Morgan fingerprint density at radius 2 is 1.90 bits per heavy atom. The summed E-state index contributed by atoms with van der Waals surface area (Å²) in [5, 5.41) is 17.3. The van der Waals surface area contributed by atoms with E-state index >= 15 is 0 Å². The number of rotatable bonds is 6. The van der Waals surface area contributed by atoms with Crippen molar-refractivity contribution >= 4 is 18.3 Å². The quantitative estimate of drug-likeness (QED) is 0.713. The maximum atomic E-state index is 13.4. The van der Waals surface area contributed by atoms with E-state index in [1.165, 1.54) is 11.8 Å². The lowest BCUT2D eigenvalue weighted by atomic mass is 10.2. The van der Waals surface area contributed by atoms with E-state index in [2.05, 4.69) is 26.0 Å². The van der Waals surface area contributed by atoms with Crippen LogP contribution in [0.4, 0.5) is 13.2 Å². The molecule has 1 aliphatic rings. The van der Waals surface area contributed by atoms with Crippen LogP contribution in [-0.2, 0) is 4.79 Å². The molecule has 2 heterocycles. The first-order chi connectivity index (χ1) is 13.4. The van der Waals surface area contributed by atoms with Crippen LogP contribution in [0, 0.1) is 0 Å². The van der Waals surface area contributed by atoms with Crippen LogP contribution < -0.4 is 10.6 Å². The number of hydrogen-bond acceptors (Lipinski definition) is 6. The van der Waals surface area contributed by atoms with Crippen LogP contribution in [0.15, 0.2) is 30.3 Å². The van der Waals surface area contributed by atoms with Crippen molar-refractivity contribution in [3.05, 3.63) is 30.3 Å². The second-order valence-corrected chi connectivity index (χ2v) is 6.56. The number of halogens is 4. The fourth-order valence-electron chi connectivity index (χ4n) is 2.99. The molecule has 0 bridgehead atoms. The number of nitrogens with one attached hydrogen (secondary N) is 2. The van der Waals surface area contributed by atoms with Gasteiger partial charge in [0.25, 0.3) is 0 Å². The Morgan fingerprint density at radius 3 is 2.52 bits per heavy atom. The van der Waals surface area contributed by atoms with Gasteiger partial charge in [-0.1, -0.05) is 30.3 Å².